The number of nitrogens with one attached hydrogen (secondary N) is 1. The van der Waals surface area contributed by atoms with Crippen LogP contribution in [0.25, 0.3) is 0 Å². The Hall–Kier alpha value is -1.63. The average Bonchev–Trinajstić information content (AvgIpc) is 2.68. The summed E-state index contributed by atoms with van der Waals surface area (Å²) < 4.78 is 5.25. The molecule has 1 fully saturated rings. The lowest BCUT2D eigenvalue weighted by atomic mass is 10.1. The molecule has 0 radical (unpaired) electrons. The Labute approximate surface area is 98.3 Å². The fourth-order valence-corrected chi connectivity index (χ4v) is 1.67. The molecule has 0 spiro atoms. The molecule has 0 bridgehead atoms. The van der Waals surface area contributed by atoms with Crippen molar-refractivity contribution < 1.29 is 24.2 Å². The number of hydrogen-bond acceptors (Lipinski definition) is 4. The molecule has 0 saturated carbocycles. The van der Waals surface area contributed by atoms with Gasteiger partial charge < -0.3 is 20.9 Å². The maximum Gasteiger partial charge on any atom is 0.326 e. The van der Waals surface area contributed by atoms with Crippen LogP contribution >= 0.6 is 0 Å². The molecule has 2 atom stereocenters. The zero-order valence-electron chi connectivity index (χ0n) is 9.35. The summed E-state index contributed by atoms with van der Waals surface area (Å²) in [6.07, 6.45) is 1.25. The number of carboxylic acids is 1. The number of carboxylic acid groups (broad SMARTS) is 1. The number of ether oxygens (including phenoxy) is 1. The molecule has 96 valence electrons. The minimum Gasteiger partial charge on any atom is -0.480 e. The van der Waals surface area contributed by atoms with Crippen LogP contribution in [-0.4, -0.2) is 41.6 Å². The van der Waals surface area contributed by atoms with E-state index in [1.807, 2.05) is 0 Å². The highest BCUT2D eigenvalue weighted by molar-refractivity contribution is 5.88. The number of rotatable bonds is 6. The Morgan fingerprint density at radius 2 is 2.18 bits per heavy atom. The first-order valence-corrected chi connectivity index (χ1v) is 5.41. The van der Waals surface area contributed by atoms with Gasteiger partial charge in [0, 0.05) is 6.61 Å². The number of amides is 2. The molecule has 1 aliphatic rings. The van der Waals surface area contributed by atoms with Crippen LogP contribution < -0.4 is 11.1 Å². The van der Waals surface area contributed by atoms with Crippen molar-refractivity contribution in [3.05, 3.63) is 0 Å². The van der Waals surface area contributed by atoms with Gasteiger partial charge in [0.15, 0.2) is 0 Å². The molecule has 2 unspecified atom stereocenters. The highest BCUT2D eigenvalue weighted by Gasteiger charge is 2.25. The summed E-state index contributed by atoms with van der Waals surface area (Å²) in [6.45, 7) is 0.627. The van der Waals surface area contributed by atoms with Crippen molar-refractivity contribution in [3.8, 4) is 0 Å². The number of carbonyl (C=O) groups is 3. The molecule has 1 heterocycles. The third-order valence-electron chi connectivity index (χ3n) is 2.48. The van der Waals surface area contributed by atoms with E-state index < -0.39 is 30.2 Å². The van der Waals surface area contributed by atoms with E-state index in [1.54, 1.807) is 0 Å². The van der Waals surface area contributed by atoms with Gasteiger partial charge in [-0.1, -0.05) is 0 Å². The van der Waals surface area contributed by atoms with E-state index in [-0.39, 0.29) is 12.5 Å². The Morgan fingerprint density at radius 3 is 2.65 bits per heavy atom. The molecule has 7 heteroatoms. The lowest BCUT2D eigenvalue weighted by Crippen LogP contribution is -2.44. The van der Waals surface area contributed by atoms with Gasteiger partial charge in [-0.2, -0.15) is 0 Å². The molecule has 17 heavy (non-hydrogen) atoms. The number of carbonyl (C=O) groups excluding carboxylic acids is 2. The normalized spacial score (nSPS) is 20.8. The summed E-state index contributed by atoms with van der Waals surface area (Å²) in [4.78, 5) is 32.9. The van der Waals surface area contributed by atoms with Crippen molar-refractivity contribution in [2.24, 2.45) is 5.73 Å². The van der Waals surface area contributed by atoms with Crippen LogP contribution in [-0.2, 0) is 19.1 Å². The van der Waals surface area contributed by atoms with E-state index in [0.29, 0.717) is 6.61 Å². The minimum absolute atomic E-state index is 0.114. The zero-order chi connectivity index (χ0) is 12.8. The van der Waals surface area contributed by atoms with Gasteiger partial charge in [-0.25, -0.2) is 4.79 Å². The lowest BCUT2D eigenvalue weighted by Gasteiger charge is -2.14. The van der Waals surface area contributed by atoms with Gasteiger partial charge in [-0.05, 0) is 12.8 Å². The molecule has 1 aliphatic heterocycles. The van der Waals surface area contributed by atoms with Crippen molar-refractivity contribution in [1.82, 2.24) is 5.32 Å². The van der Waals surface area contributed by atoms with E-state index in [2.05, 4.69) is 5.32 Å². The minimum atomic E-state index is -1.27. The maximum absolute atomic E-state index is 11.5. The van der Waals surface area contributed by atoms with Gasteiger partial charge in [-0.15, -0.1) is 0 Å². The van der Waals surface area contributed by atoms with Gasteiger partial charge >= 0.3 is 5.97 Å². The van der Waals surface area contributed by atoms with Crippen molar-refractivity contribution in [2.75, 3.05) is 6.61 Å². The van der Waals surface area contributed by atoms with Gasteiger partial charge in [0.2, 0.25) is 11.8 Å². The fraction of sp³-hybridized carbons (Fsp3) is 0.700. The van der Waals surface area contributed by atoms with Gasteiger partial charge in [0.05, 0.1) is 18.9 Å². The monoisotopic (exact) mass is 244 g/mol. The molecule has 4 N–H and O–H groups in total. The fourth-order valence-electron chi connectivity index (χ4n) is 1.67. The second-order valence-corrected chi connectivity index (χ2v) is 3.97. The Kier molecular flexibility index (Phi) is 4.89. The van der Waals surface area contributed by atoms with Crippen LogP contribution in [0.2, 0.25) is 0 Å². The summed E-state index contributed by atoms with van der Waals surface area (Å²) >= 11 is 0. The summed E-state index contributed by atoms with van der Waals surface area (Å²) in [5.41, 5.74) is 4.89. The van der Waals surface area contributed by atoms with E-state index in [0.717, 1.165) is 12.8 Å². The Morgan fingerprint density at radius 1 is 1.47 bits per heavy atom. The molecule has 0 aromatic carbocycles. The Balaban J connectivity index is 2.40. The van der Waals surface area contributed by atoms with Crippen LogP contribution in [0.4, 0.5) is 0 Å². The average molecular weight is 244 g/mol. The predicted octanol–water partition coefficient (Wildman–Crippen LogP) is -1.000. The van der Waals surface area contributed by atoms with E-state index in [9.17, 15) is 14.4 Å². The molecular formula is C10H16N2O5. The summed E-state index contributed by atoms with van der Waals surface area (Å²) in [5, 5.41) is 11.0. The highest BCUT2D eigenvalue weighted by atomic mass is 16.5. The first-order chi connectivity index (χ1) is 7.99. The molecule has 0 aromatic heterocycles. The van der Waals surface area contributed by atoms with Crippen LogP contribution in [0.1, 0.15) is 25.7 Å². The first-order valence-electron chi connectivity index (χ1n) is 5.41. The van der Waals surface area contributed by atoms with Gasteiger partial charge in [0.25, 0.3) is 0 Å². The van der Waals surface area contributed by atoms with Crippen molar-refractivity contribution in [3.63, 3.8) is 0 Å². The summed E-state index contributed by atoms with van der Waals surface area (Å²) in [5.74, 6) is -2.48. The van der Waals surface area contributed by atoms with Crippen molar-refractivity contribution in [1.29, 1.82) is 0 Å². The van der Waals surface area contributed by atoms with Crippen LogP contribution in [0.15, 0.2) is 0 Å². The smallest absolute Gasteiger partial charge is 0.326 e. The van der Waals surface area contributed by atoms with E-state index in [4.69, 9.17) is 15.6 Å². The molecule has 0 aliphatic carbocycles. The standard InChI is InChI=1S/C10H16N2O5/c11-8(13)5-7(10(15)16)12-9(14)4-6-2-1-3-17-6/h6-7H,1-5H2,(H2,11,13)(H,12,14)(H,15,16). The number of nitrogens with two attached hydrogens (primary N) is 1. The molecule has 7 nitrogen and oxygen atoms in total. The zero-order valence-corrected chi connectivity index (χ0v) is 9.35. The third-order valence-corrected chi connectivity index (χ3v) is 2.48. The second kappa shape index (κ2) is 6.19. The molecule has 2 amide bonds. The quantitative estimate of drug-likeness (QED) is 0.553. The van der Waals surface area contributed by atoms with Crippen LogP contribution in [0.5, 0.6) is 0 Å². The largest absolute Gasteiger partial charge is 0.480 e. The van der Waals surface area contributed by atoms with Gasteiger partial charge in [0.1, 0.15) is 6.04 Å². The van der Waals surface area contributed by atoms with E-state index >= 15 is 0 Å². The Bertz CT molecular complexity index is 312. The molecule has 0 aromatic rings. The topological polar surface area (TPSA) is 119 Å². The molecule has 1 rings (SSSR count). The third kappa shape index (κ3) is 4.81. The van der Waals surface area contributed by atoms with Gasteiger partial charge in [-0.3, -0.25) is 9.59 Å². The lowest BCUT2D eigenvalue weighted by molar-refractivity contribution is -0.143. The van der Waals surface area contributed by atoms with Crippen molar-refractivity contribution >= 4 is 17.8 Å². The van der Waals surface area contributed by atoms with Crippen LogP contribution in [0.3, 0.4) is 0 Å². The predicted molar refractivity (Wildman–Crippen MR) is 57.0 cm³/mol. The summed E-state index contributed by atoms with van der Waals surface area (Å²) in [7, 11) is 0. The molecular weight excluding hydrogens is 228 g/mol. The second-order valence-electron chi connectivity index (χ2n) is 3.97. The van der Waals surface area contributed by atoms with Crippen LogP contribution in [0, 0.1) is 0 Å². The molecule has 1 saturated heterocycles. The maximum atomic E-state index is 11.5. The first kappa shape index (κ1) is 13.4. The number of aliphatic carboxylic acids is 1. The summed E-state index contributed by atoms with van der Waals surface area (Å²) in [6, 6.07) is -1.26. The SMILES string of the molecule is NC(=O)CC(NC(=O)CC1CCCO1)C(=O)O. The van der Waals surface area contributed by atoms with Crippen molar-refractivity contribution in [2.45, 2.75) is 37.8 Å². The number of primary amides is 1. The van der Waals surface area contributed by atoms with E-state index in [1.165, 1.54) is 0 Å². The highest BCUT2D eigenvalue weighted by Crippen LogP contribution is 2.15. The number of hydrogen-bond donors (Lipinski definition) is 3.